The van der Waals surface area contributed by atoms with Gasteiger partial charge in [0.25, 0.3) is 0 Å². The average molecular weight is 286 g/mol. The van der Waals surface area contributed by atoms with Crippen LogP contribution in [0.5, 0.6) is 11.5 Å². The molecule has 0 aliphatic heterocycles. The van der Waals surface area contributed by atoms with Gasteiger partial charge in [0, 0.05) is 12.4 Å². The molecule has 0 bridgehead atoms. The van der Waals surface area contributed by atoms with Crippen molar-refractivity contribution in [3.05, 3.63) is 24.3 Å². The van der Waals surface area contributed by atoms with Crippen molar-refractivity contribution >= 4 is 11.6 Å². The van der Waals surface area contributed by atoms with E-state index >= 15 is 0 Å². The molecule has 0 radical (unpaired) electrons. The highest BCUT2D eigenvalue weighted by atomic mass is 35.5. The number of methoxy groups -OCH3 is 1. The molecule has 1 atom stereocenters. The van der Waals surface area contributed by atoms with Crippen molar-refractivity contribution in [3.63, 3.8) is 0 Å². The maximum Gasteiger partial charge on any atom is 0.119 e. The Morgan fingerprint density at radius 2 is 1.89 bits per heavy atom. The molecule has 0 aliphatic carbocycles. The summed E-state index contributed by atoms with van der Waals surface area (Å²) in [7, 11) is 1.66. The molecule has 0 saturated carbocycles. The quantitative estimate of drug-likeness (QED) is 0.528. The van der Waals surface area contributed by atoms with E-state index in [4.69, 9.17) is 21.1 Å². The SMILES string of the molecule is CCC(CCCl)CNCCOc1ccc(OC)cc1. The van der Waals surface area contributed by atoms with Gasteiger partial charge in [0.15, 0.2) is 0 Å². The van der Waals surface area contributed by atoms with Crippen LogP contribution in [0.4, 0.5) is 0 Å². The van der Waals surface area contributed by atoms with Crippen molar-refractivity contribution in [2.75, 3.05) is 32.7 Å². The Kier molecular flexibility index (Phi) is 8.43. The van der Waals surface area contributed by atoms with Crippen LogP contribution >= 0.6 is 11.6 Å². The summed E-state index contributed by atoms with van der Waals surface area (Å²) in [6, 6.07) is 7.63. The van der Waals surface area contributed by atoms with Crippen LogP contribution < -0.4 is 14.8 Å². The van der Waals surface area contributed by atoms with Crippen molar-refractivity contribution < 1.29 is 9.47 Å². The molecule has 0 amide bonds. The van der Waals surface area contributed by atoms with Gasteiger partial charge in [-0.15, -0.1) is 11.6 Å². The van der Waals surface area contributed by atoms with Gasteiger partial charge in [-0.25, -0.2) is 0 Å². The number of ether oxygens (including phenoxy) is 2. The predicted molar refractivity (Wildman–Crippen MR) is 80.5 cm³/mol. The molecule has 1 rings (SSSR count). The number of benzene rings is 1. The number of alkyl halides is 1. The third-order valence-electron chi connectivity index (χ3n) is 3.13. The summed E-state index contributed by atoms with van der Waals surface area (Å²) in [5, 5.41) is 3.41. The van der Waals surface area contributed by atoms with Crippen LogP contribution in [-0.2, 0) is 0 Å². The van der Waals surface area contributed by atoms with Gasteiger partial charge in [-0.1, -0.05) is 13.3 Å². The first kappa shape index (κ1) is 16.1. The highest BCUT2D eigenvalue weighted by molar-refractivity contribution is 6.17. The van der Waals surface area contributed by atoms with Crippen molar-refractivity contribution in [1.82, 2.24) is 5.32 Å². The van der Waals surface area contributed by atoms with E-state index < -0.39 is 0 Å². The molecule has 108 valence electrons. The first-order valence-electron chi connectivity index (χ1n) is 6.83. The maximum atomic E-state index is 5.76. The minimum absolute atomic E-state index is 0.665. The number of hydrogen-bond acceptors (Lipinski definition) is 3. The Labute approximate surface area is 121 Å². The molecule has 4 heteroatoms. The number of hydrogen-bond donors (Lipinski definition) is 1. The van der Waals surface area contributed by atoms with Gasteiger partial charge < -0.3 is 14.8 Å². The Hall–Kier alpha value is -0.930. The van der Waals surface area contributed by atoms with Gasteiger partial charge in [-0.3, -0.25) is 0 Å². The molecule has 0 aliphatic rings. The van der Waals surface area contributed by atoms with E-state index in [-0.39, 0.29) is 0 Å². The first-order chi connectivity index (χ1) is 9.30. The van der Waals surface area contributed by atoms with Crippen LogP contribution in [0.25, 0.3) is 0 Å². The zero-order valence-electron chi connectivity index (χ0n) is 11.8. The van der Waals surface area contributed by atoms with Gasteiger partial charge in [0.1, 0.15) is 18.1 Å². The standard InChI is InChI=1S/C15H24ClNO2/c1-3-13(8-9-16)12-17-10-11-19-15-6-4-14(18-2)5-7-15/h4-7,13,17H,3,8-12H2,1-2H3. The summed E-state index contributed by atoms with van der Waals surface area (Å²) in [6.07, 6.45) is 2.24. The second kappa shape index (κ2) is 9.93. The first-order valence-corrected chi connectivity index (χ1v) is 7.37. The van der Waals surface area contributed by atoms with Crippen LogP contribution in [0.2, 0.25) is 0 Å². The molecule has 1 aromatic carbocycles. The molecule has 3 nitrogen and oxygen atoms in total. The van der Waals surface area contributed by atoms with E-state index in [1.807, 2.05) is 24.3 Å². The molecule has 0 fully saturated rings. The molecular formula is C15H24ClNO2. The third-order valence-corrected chi connectivity index (χ3v) is 3.35. The Bertz CT molecular complexity index is 329. The molecule has 1 N–H and O–H groups in total. The van der Waals surface area contributed by atoms with E-state index in [0.29, 0.717) is 12.5 Å². The van der Waals surface area contributed by atoms with E-state index in [1.165, 1.54) is 6.42 Å². The summed E-state index contributed by atoms with van der Waals surface area (Å²) in [5.41, 5.74) is 0. The van der Waals surface area contributed by atoms with Crippen LogP contribution in [0, 0.1) is 5.92 Å². The maximum absolute atomic E-state index is 5.76. The summed E-state index contributed by atoms with van der Waals surface area (Å²) >= 11 is 5.76. The molecule has 0 aromatic heterocycles. The third kappa shape index (κ3) is 6.69. The zero-order chi connectivity index (χ0) is 13.9. The van der Waals surface area contributed by atoms with E-state index in [1.54, 1.807) is 7.11 Å². The highest BCUT2D eigenvalue weighted by Gasteiger charge is 2.04. The summed E-state index contributed by atoms with van der Waals surface area (Å²) < 4.78 is 10.7. The molecule has 0 saturated heterocycles. The molecule has 1 unspecified atom stereocenters. The van der Waals surface area contributed by atoms with Crippen LogP contribution in [-0.4, -0.2) is 32.7 Å². The normalized spacial score (nSPS) is 12.2. The molecule has 0 spiro atoms. The molecular weight excluding hydrogens is 262 g/mol. The monoisotopic (exact) mass is 285 g/mol. The lowest BCUT2D eigenvalue weighted by Crippen LogP contribution is -2.27. The predicted octanol–water partition coefficient (Wildman–Crippen LogP) is 3.32. The smallest absolute Gasteiger partial charge is 0.119 e. The lowest BCUT2D eigenvalue weighted by atomic mass is 10.0. The fraction of sp³-hybridized carbons (Fsp3) is 0.600. The van der Waals surface area contributed by atoms with E-state index in [9.17, 15) is 0 Å². The van der Waals surface area contributed by atoms with Gasteiger partial charge >= 0.3 is 0 Å². The van der Waals surface area contributed by atoms with Crippen molar-refractivity contribution in [3.8, 4) is 11.5 Å². The fourth-order valence-corrected chi connectivity index (χ4v) is 2.13. The Balaban J connectivity index is 2.12. The van der Waals surface area contributed by atoms with Crippen molar-refractivity contribution in [1.29, 1.82) is 0 Å². The lowest BCUT2D eigenvalue weighted by Gasteiger charge is -2.14. The van der Waals surface area contributed by atoms with Crippen LogP contribution in [0.1, 0.15) is 19.8 Å². The number of halogens is 1. The van der Waals surface area contributed by atoms with E-state index in [2.05, 4.69) is 12.2 Å². The Morgan fingerprint density at radius 1 is 1.21 bits per heavy atom. The fourth-order valence-electron chi connectivity index (χ4n) is 1.82. The topological polar surface area (TPSA) is 30.5 Å². The highest BCUT2D eigenvalue weighted by Crippen LogP contribution is 2.16. The van der Waals surface area contributed by atoms with Crippen LogP contribution in [0.15, 0.2) is 24.3 Å². The van der Waals surface area contributed by atoms with Crippen LogP contribution in [0.3, 0.4) is 0 Å². The average Bonchev–Trinajstić information content (AvgIpc) is 2.46. The molecule has 0 heterocycles. The van der Waals surface area contributed by atoms with E-state index in [0.717, 1.165) is 36.9 Å². The summed E-state index contributed by atoms with van der Waals surface area (Å²) in [4.78, 5) is 0. The Morgan fingerprint density at radius 3 is 2.47 bits per heavy atom. The second-order valence-electron chi connectivity index (χ2n) is 4.48. The van der Waals surface area contributed by atoms with Gasteiger partial charge in [0.2, 0.25) is 0 Å². The summed E-state index contributed by atoms with van der Waals surface area (Å²) in [6.45, 7) is 4.73. The van der Waals surface area contributed by atoms with Crippen molar-refractivity contribution in [2.24, 2.45) is 5.92 Å². The minimum atomic E-state index is 0.665. The van der Waals surface area contributed by atoms with Gasteiger partial charge in [0.05, 0.1) is 7.11 Å². The largest absolute Gasteiger partial charge is 0.497 e. The summed E-state index contributed by atoms with van der Waals surface area (Å²) in [5.74, 6) is 3.12. The molecule has 1 aromatic rings. The number of nitrogens with one attached hydrogen (secondary N) is 1. The molecule has 19 heavy (non-hydrogen) atoms. The van der Waals surface area contributed by atoms with Crippen molar-refractivity contribution in [2.45, 2.75) is 19.8 Å². The van der Waals surface area contributed by atoms with Gasteiger partial charge in [-0.2, -0.15) is 0 Å². The minimum Gasteiger partial charge on any atom is -0.497 e. The number of rotatable bonds is 10. The second-order valence-corrected chi connectivity index (χ2v) is 4.86. The zero-order valence-corrected chi connectivity index (χ0v) is 12.6. The van der Waals surface area contributed by atoms with Gasteiger partial charge in [-0.05, 0) is 43.1 Å². The lowest BCUT2D eigenvalue weighted by molar-refractivity contribution is 0.306.